The van der Waals surface area contributed by atoms with E-state index in [1.54, 1.807) is 0 Å². The summed E-state index contributed by atoms with van der Waals surface area (Å²) in [7, 11) is 0. The van der Waals surface area contributed by atoms with Crippen molar-refractivity contribution in [3.8, 4) is 0 Å². The van der Waals surface area contributed by atoms with Crippen molar-refractivity contribution in [2.75, 3.05) is 0 Å². The van der Waals surface area contributed by atoms with Crippen molar-refractivity contribution in [3.05, 3.63) is 35.4 Å². The number of carbonyl (C=O) groups is 1. The van der Waals surface area contributed by atoms with E-state index in [4.69, 9.17) is 17.3 Å². The number of rotatable bonds is 3. The van der Waals surface area contributed by atoms with Gasteiger partial charge >= 0.3 is 6.18 Å². The Morgan fingerprint density at radius 1 is 1.31 bits per heavy atom. The Hall–Kier alpha value is -1.23. The number of primary amides is 1. The van der Waals surface area contributed by atoms with E-state index < -0.39 is 23.0 Å². The van der Waals surface area contributed by atoms with Crippen LogP contribution in [0.4, 0.5) is 13.2 Å². The van der Waals surface area contributed by atoms with Crippen LogP contribution in [0.2, 0.25) is 0 Å². The molecule has 1 unspecified atom stereocenters. The third-order valence-electron chi connectivity index (χ3n) is 2.00. The first-order valence-corrected chi connectivity index (χ1v) is 4.84. The number of amides is 1. The third kappa shape index (κ3) is 3.41. The first-order chi connectivity index (χ1) is 7.30. The molecule has 0 heterocycles. The largest absolute Gasteiger partial charge is 0.416 e. The summed E-state index contributed by atoms with van der Waals surface area (Å²) in [5.74, 6) is -0.693. The van der Waals surface area contributed by atoms with Crippen LogP contribution in [0.3, 0.4) is 0 Å². The van der Waals surface area contributed by atoms with Gasteiger partial charge in [-0.25, -0.2) is 0 Å². The maximum atomic E-state index is 12.2. The van der Waals surface area contributed by atoms with Crippen LogP contribution in [0.1, 0.15) is 11.1 Å². The van der Waals surface area contributed by atoms with Gasteiger partial charge < -0.3 is 5.73 Å². The molecule has 1 rings (SSSR count). The zero-order valence-corrected chi connectivity index (χ0v) is 8.85. The molecule has 0 aliphatic rings. The molecule has 2 N–H and O–H groups in total. The lowest BCUT2D eigenvalue weighted by molar-refractivity contribution is -0.137. The van der Waals surface area contributed by atoms with Crippen molar-refractivity contribution in [2.45, 2.75) is 18.0 Å². The molecule has 1 aromatic rings. The minimum absolute atomic E-state index is 0.120. The van der Waals surface area contributed by atoms with Gasteiger partial charge in [0, 0.05) is 0 Å². The second kappa shape index (κ2) is 4.74. The molecule has 6 heteroatoms. The number of halogens is 4. The summed E-state index contributed by atoms with van der Waals surface area (Å²) in [5.41, 5.74) is 4.73. The number of nitrogens with two attached hydrogens (primary N) is 1. The van der Waals surface area contributed by atoms with Gasteiger partial charge in [-0.05, 0) is 24.1 Å². The zero-order valence-electron chi connectivity index (χ0n) is 8.09. The highest BCUT2D eigenvalue weighted by Gasteiger charge is 2.30. The summed E-state index contributed by atoms with van der Waals surface area (Å²) >= 11 is 5.58. The average Bonchev–Trinajstić information content (AvgIpc) is 2.17. The summed E-state index contributed by atoms with van der Waals surface area (Å²) in [6.45, 7) is 0. The molecule has 2 nitrogen and oxygen atoms in total. The van der Waals surface area contributed by atoms with E-state index in [-0.39, 0.29) is 6.42 Å². The Bertz CT molecular complexity index is 375. The molecular formula is C10H9ClF3NO. The van der Waals surface area contributed by atoms with Crippen molar-refractivity contribution >= 4 is 17.5 Å². The zero-order chi connectivity index (χ0) is 12.3. The van der Waals surface area contributed by atoms with Crippen molar-refractivity contribution in [1.82, 2.24) is 0 Å². The van der Waals surface area contributed by atoms with Crippen LogP contribution < -0.4 is 5.73 Å². The summed E-state index contributed by atoms with van der Waals surface area (Å²) < 4.78 is 36.6. The SMILES string of the molecule is NC(=O)C(Cl)Cc1ccc(C(F)(F)F)cc1. The predicted molar refractivity (Wildman–Crippen MR) is 54.0 cm³/mol. The third-order valence-corrected chi connectivity index (χ3v) is 2.37. The van der Waals surface area contributed by atoms with E-state index >= 15 is 0 Å². The van der Waals surface area contributed by atoms with Gasteiger partial charge in [-0.2, -0.15) is 13.2 Å². The van der Waals surface area contributed by atoms with Gasteiger partial charge in [0.05, 0.1) is 5.56 Å². The number of alkyl halides is 4. The summed E-state index contributed by atoms with van der Waals surface area (Å²) in [5, 5.41) is -0.906. The van der Waals surface area contributed by atoms with Crippen LogP contribution in [0.15, 0.2) is 24.3 Å². The van der Waals surface area contributed by atoms with Gasteiger partial charge in [-0.1, -0.05) is 12.1 Å². The lowest BCUT2D eigenvalue weighted by Gasteiger charge is -2.08. The van der Waals surface area contributed by atoms with Crippen LogP contribution in [-0.2, 0) is 17.4 Å². The molecule has 1 atom stereocenters. The summed E-state index contributed by atoms with van der Waals surface area (Å²) in [6.07, 6.45) is -4.24. The van der Waals surface area contributed by atoms with Gasteiger partial charge in [0.2, 0.25) is 5.91 Å². The average molecular weight is 252 g/mol. The molecule has 0 aromatic heterocycles. The maximum Gasteiger partial charge on any atom is 0.416 e. The smallest absolute Gasteiger partial charge is 0.368 e. The van der Waals surface area contributed by atoms with Gasteiger partial charge in [0.1, 0.15) is 5.38 Å². The van der Waals surface area contributed by atoms with Gasteiger partial charge in [0.15, 0.2) is 0 Å². The quantitative estimate of drug-likeness (QED) is 0.824. The molecule has 0 aliphatic carbocycles. The highest BCUT2D eigenvalue weighted by molar-refractivity contribution is 6.30. The van der Waals surface area contributed by atoms with Crippen LogP contribution >= 0.6 is 11.6 Å². The number of hydrogen-bond donors (Lipinski definition) is 1. The van der Waals surface area contributed by atoms with Crippen molar-refractivity contribution in [3.63, 3.8) is 0 Å². The standard InChI is InChI=1S/C10H9ClF3NO/c11-8(9(15)16)5-6-1-3-7(4-2-6)10(12,13)14/h1-4,8H,5H2,(H2,15,16). The Labute approximate surface area is 95.2 Å². The van der Waals surface area contributed by atoms with E-state index in [1.165, 1.54) is 12.1 Å². The normalized spacial score (nSPS) is 13.5. The fourth-order valence-electron chi connectivity index (χ4n) is 1.14. The molecule has 0 spiro atoms. The van der Waals surface area contributed by atoms with Gasteiger partial charge in [-0.15, -0.1) is 11.6 Å². The second-order valence-corrected chi connectivity index (χ2v) is 3.80. The molecule has 0 saturated carbocycles. The number of hydrogen-bond acceptors (Lipinski definition) is 1. The first kappa shape index (κ1) is 12.8. The van der Waals surface area contributed by atoms with Crippen molar-refractivity contribution in [2.24, 2.45) is 5.73 Å². The minimum atomic E-state index is -4.36. The van der Waals surface area contributed by atoms with E-state index in [9.17, 15) is 18.0 Å². The Balaban J connectivity index is 2.76. The molecule has 88 valence electrons. The fourth-order valence-corrected chi connectivity index (χ4v) is 1.32. The van der Waals surface area contributed by atoms with Crippen LogP contribution in [0.25, 0.3) is 0 Å². The summed E-state index contributed by atoms with van der Waals surface area (Å²) in [6, 6.07) is 4.45. The van der Waals surface area contributed by atoms with Gasteiger partial charge in [-0.3, -0.25) is 4.79 Å². The number of carbonyl (C=O) groups excluding carboxylic acids is 1. The lowest BCUT2D eigenvalue weighted by Crippen LogP contribution is -2.25. The first-order valence-electron chi connectivity index (χ1n) is 4.40. The Kier molecular flexibility index (Phi) is 3.80. The lowest BCUT2D eigenvalue weighted by atomic mass is 10.1. The van der Waals surface area contributed by atoms with E-state index in [1.807, 2.05) is 0 Å². The molecule has 1 amide bonds. The van der Waals surface area contributed by atoms with Crippen molar-refractivity contribution in [1.29, 1.82) is 0 Å². The molecule has 0 saturated heterocycles. The minimum Gasteiger partial charge on any atom is -0.368 e. The second-order valence-electron chi connectivity index (χ2n) is 3.27. The predicted octanol–water partition coefficient (Wildman–Crippen LogP) is 2.34. The fraction of sp³-hybridized carbons (Fsp3) is 0.300. The van der Waals surface area contributed by atoms with Crippen LogP contribution in [0.5, 0.6) is 0 Å². The topological polar surface area (TPSA) is 43.1 Å². The monoisotopic (exact) mass is 251 g/mol. The van der Waals surface area contributed by atoms with Gasteiger partial charge in [0.25, 0.3) is 0 Å². The maximum absolute atomic E-state index is 12.2. The summed E-state index contributed by atoms with van der Waals surface area (Å²) in [4.78, 5) is 10.6. The van der Waals surface area contributed by atoms with Crippen LogP contribution in [-0.4, -0.2) is 11.3 Å². The highest BCUT2D eigenvalue weighted by Crippen LogP contribution is 2.29. The molecule has 0 bridgehead atoms. The molecular weight excluding hydrogens is 243 g/mol. The molecule has 1 aromatic carbocycles. The van der Waals surface area contributed by atoms with E-state index in [0.717, 1.165) is 12.1 Å². The Morgan fingerprint density at radius 2 is 1.81 bits per heavy atom. The molecule has 16 heavy (non-hydrogen) atoms. The van der Waals surface area contributed by atoms with E-state index in [2.05, 4.69) is 0 Å². The molecule has 0 radical (unpaired) electrons. The van der Waals surface area contributed by atoms with Crippen molar-refractivity contribution < 1.29 is 18.0 Å². The van der Waals surface area contributed by atoms with E-state index in [0.29, 0.717) is 5.56 Å². The number of benzene rings is 1. The Morgan fingerprint density at radius 3 is 2.19 bits per heavy atom. The van der Waals surface area contributed by atoms with Crippen LogP contribution in [0, 0.1) is 0 Å². The molecule has 0 fully saturated rings. The molecule has 0 aliphatic heterocycles. The highest BCUT2D eigenvalue weighted by atomic mass is 35.5.